The first-order valence-electron chi connectivity index (χ1n) is 6.34. The quantitative estimate of drug-likeness (QED) is 0.645. The Hall–Kier alpha value is -0.920. The van der Waals surface area contributed by atoms with Crippen LogP contribution < -0.4 is 0 Å². The van der Waals surface area contributed by atoms with Crippen LogP contribution in [0.3, 0.4) is 0 Å². The molecule has 0 bridgehead atoms. The van der Waals surface area contributed by atoms with Crippen molar-refractivity contribution >= 4 is 12.1 Å². The highest BCUT2D eigenvalue weighted by atomic mass is 16.1. The fraction of sp³-hybridized carbons (Fsp3) is 0.714. The number of aldehydes is 1. The van der Waals surface area contributed by atoms with Crippen LogP contribution in [0.2, 0.25) is 0 Å². The van der Waals surface area contributed by atoms with Crippen LogP contribution in [-0.2, 0) is 9.59 Å². The Balaban J connectivity index is 2.58. The summed E-state index contributed by atoms with van der Waals surface area (Å²) in [5.41, 5.74) is 2.34. The highest BCUT2D eigenvalue weighted by Crippen LogP contribution is 2.31. The molecule has 0 aromatic rings. The van der Waals surface area contributed by atoms with Crippen LogP contribution in [0.1, 0.15) is 58.8 Å². The van der Waals surface area contributed by atoms with Gasteiger partial charge in [-0.15, -0.1) is 0 Å². The normalized spacial score (nSPS) is 21.4. The van der Waals surface area contributed by atoms with Crippen LogP contribution in [0.4, 0.5) is 0 Å². The molecule has 2 heteroatoms. The Morgan fingerprint density at radius 3 is 2.69 bits per heavy atom. The third kappa shape index (κ3) is 3.58. The number of carbonyl (C=O) groups excluding carboxylic acids is 2. The molecule has 0 radical (unpaired) electrons. The number of rotatable bonds is 6. The van der Waals surface area contributed by atoms with Gasteiger partial charge in [0.15, 0.2) is 5.78 Å². The second-order valence-corrected chi connectivity index (χ2v) is 4.80. The molecule has 0 fully saturated rings. The van der Waals surface area contributed by atoms with Crippen molar-refractivity contribution in [2.45, 2.75) is 58.8 Å². The molecule has 0 spiro atoms. The predicted molar refractivity (Wildman–Crippen MR) is 65.3 cm³/mol. The molecule has 1 atom stereocenters. The van der Waals surface area contributed by atoms with E-state index in [-0.39, 0.29) is 0 Å². The van der Waals surface area contributed by atoms with Gasteiger partial charge >= 0.3 is 0 Å². The molecule has 1 aliphatic rings. The molecule has 2 nitrogen and oxygen atoms in total. The van der Waals surface area contributed by atoms with Crippen molar-refractivity contribution in [2.75, 3.05) is 0 Å². The van der Waals surface area contributed by atoms with E-state index in [1.54, 1.807) is 0 Å². The molecule has 1 aliphatic carbocycles. The summed E-state index contributed by atoms with van der Waals surface area (Å²) in [6.07, 6.45) is 7.28. The fourth-order valence-corrected chi connectivity index (χ4v) is 2.47. The first kappa shape index (κ1) is 13.1. The summed E-state index contributed by atoms with van der Waals surface area (Å²) >= 11 is 0. The molecule has 16 heavy (non-hydrogen) atoms. The Kier molecular flexibility index (Phi) is 5.44. The average molecular weight is 222 g/mol. The zero-order chi connectivity index (χ0) is 12.0. The molecule has 0 saturated heterocycles. The maximum atomic E-state index is 11.9. The molecule has 0 aromatic carbocycles. The Morgan fingerprint density at radius 2 is 2.12 bits per heavy atom. The van der Waals surface area contributed by atoms with Crippen LogP contribution in [0, 0.1) is 5.92 Å². The van der Waals surface area contributed by atoms with Crippen LogP contribution in [0.25, 0.3) is 0 Å². The molecule has 0 N–H and O–H groups in total. The molecule has 1 unspecified atom stereocenters. The van der Waals surface area contributed by atoms with Gasteiger partial charge in [-0.25, -0.2) is 0 Å². The number of unbranched alkanes of at least 4 members (excludes halogenated alkanes) is 1. The van der Waals surface area contributed by atoms with Gasteiger partial charge in [0, 0.05) is 12.8 Å². The monoisotopic (exact) mass is 222 g/mol. The van der Waals surface area contributed by atoms with E-state index in [2.05, 4.69) is 13.8 Å². The summed E-state index contributed by atoms with van der Waals surface area (Å²) in [6.45, 7) is 4.23. The number of hydrogen-bond donors (Lipinski definition) is 0. The van der Waals surface area contributed by atoms with E-state index in [9.17, 15) is 9.59 Å². The standard InChI is InChI=1S/C14H22O2/c1-3-4-7-13-11(2)9-12(6-5-8-15)10-14(13)16/h8,12H,3-7,9-10H2,1-2H3. The molecule has 90 valence electrons. The van der Waals surface area contributed by atoms with E-state index < -0.39 is 0 Å². The van der Waals surface area contributed by atoms with Crippen molar-refractivity contribution in [1.29, 1.82) is 0 Å². The van der Waals surface area contributed by atoms with E-state index in [1.165, 1.54) is 5.57 Å². The zero-order valence-electron chi connectivity index (χ0n) is 10.4. The van der Waals surface area contributed by atoms with Gasteiger partial charge in [0.05, 0.1) is 0 Å². The first-order valence-corrected chi connectivity index (χ1v) is 6.34. The second kappa shape index (κ2) is 6.62. The SMILES string of the molecule is CCCCC1=C(C)CC(CCC=O)CC1=O. The summed E-state index contributed by atoms with van der Waals surface area (Å²) in [5, 5.41) is 0. The van der Waals surface area contributed by atoms with Crippen molar-refractivity contribution < 1.29 is 9.59 Å². The molecule has 0 heterocycles. The number of hydrogen-bond acceptors (Lipinski definition) is 2. The molecular formula is C14H22O2. The third-order valence-corrected chi connectivity index (χ3v) is 3.39. The Morgan fingerprint density at radius 1 is 1.38 bits per heavy atom. The van der Waals surface area contributed by atoms with Gasteiger partial charge in [-0.05, 0) is 44.1 Å². The van der Waals surface area contributed by atoms with Gasteiger partial charge in [0.2, 0.25) is 0 Å². The lowest BCUT2D eigenvalue weighted by atomic mass is 9.80. The van der Waals surface area contributed by atoms with Crippen LogP contribution >= 0.6 is 0 Å². The smallest absolute Gasteiger partial charge is 0.159 e. The fourth-order valence-electron chi connectivity index (χ4n) is 2.47. The summed E-state index contributed by atoms with van der Waals surface area (Å²) in [6, 6.07) is 0. The second-order valence-electron chi connectivity index (χ2n) is 4.80. The van der Waals surface area contributed by atoms with Gasteiger partial charge < -0.3 is 4.79 Å². The molecule has 1 rings (SSSR count). The lowest BCUT2D eigenvalue weighted by Crippen LogP contribution is -2.19. The summed E-state index contributed by atoms with van der Waals surface area (Å²) in [5.74, 6) is 0.733. The van der Waals surface area contributed by atoms with Crippen molar-refractivity contribution in [1.82, 2.24) is 0 Å². The Bertz CT molecular complexity index is 289. The highest BCUT2D eigenvalue weighted by Gasteiger charge is 2.24. The van der Waals surface area contributed by atoms with Gasteiger partial charge in [-0.1, -0.05) is 18.9 Å². The van der Waals surface area contributed by atoms with E-state index in [0.717, 1.165) is 44.0 Å². The van der Waals surface area contributed by atoms with Crippen molar-refractivity contribution in [3.63, 3.8) is 0 Å². The van der Waals surface area contributed by atoms with E-state index in [0.29, 0.717) is 24.5 Å². The lowest BCUT2D eigenvalue weighted by Gasteiger charge is -2.24. The van der Waals surface area contributed by atoms with Crippen molar-refractivity contribution in [3.8, 4) is 0 Å². The maximum Gasteiger partial charge on any atom is 0.159 e. The molecule has 0 aliphatic heterocycles. The van der Waals surface area contributed by atoms with Crippen LogP contribution in [-0.4, -0.2) is 12.1 Å². The molecule has 0 aromatic heterocycles. The van der Waals surface area contributed by atoms with Gasteiger partial charge in [0.25, 0.3) is 0 Å². The minimum Gasteiger partial charge on any atom is -0.303 e. The maximum absolute atomic E-state index is 11.9. The molecule has 0 saturated carbocycles. The van der Waals surface area contributed by atoms with Gasteiger partial charge in [0.1, 0.15) is 6.29 Å². The summed E-state index contributed by atoms with van der Waals surface area (Å²) < 4.78 is 0. The Labute approximate surface area is 98.1 Å². The van der Waals surface area contributed by atoms with Gasteiger partial charge in [-0.2, -0.15) is 0 Å². The summed E-state index contributed by atoms with van der Waals surface area (Å²) in [7, 11) is 0. The number of Topliss-reactive ketones (excluding diaryl/α,β-unsaturated/α-hetero) is 1. The lowest BCUT2D eigenvalue weighted by molar-refractivity contribution is -0.117. The first-order chi connectivity index (χ1) is 7.69. The number of carbonyl (C=O) groups is 2. The zero-order valence-corrected chi connectivity index (χ0v) is 10.4. The van der Waals surface area contributed by atoms with Crippen molar-refractivity contribution in [2.24, 2.45) is 5.92 Å². The van der Waals surface area contributed by atoms with Crippen LogP contribution in [0.5, 0.6) is 0 Å². The van der Waals surface area contributed by atoms with Gasteiger partial charge in [-0.3, -0.25) is 4.79 Å². The predicted octanol–water partition coefficient (Wildman–Crippen LogP) is 3.45. The minimum absolute atomic E-state index is 0.327. The number of ketones is 1. The summed E-state index contributed by atoms with van der Waals surface area (Å²) in [4.78, 5) is 22.3. The van der Waals surface area contributed by atoms with E-state index in [1.807, 2.05) is 0 Å². The molecular weight excluding hydrogens is 200 g/mol. The molecule has 0 amide bonds. The van der Waals surface area contributed by atoms with Crippen molar-refractivity contribution in [3.05, 3.63) is 11.1 Å². The van der Waals surface area contributed by atoms with E-state index >= 15 is 0 Å². The average Bonchev–Trinajstić information content (AvgIpc) is 2.25. The van der Waals surface area contributed by atoms with E-state index in [4.69, 9.17) is 0 Å². The minimum atomic E-state index is 0.327. The number of allylic oxidation sites excluding steroid dienone is 2. The third-order valence-electron chi connectivity index (χ3n) is 3.39. The highest BCUT2D eigenvalue weighted by molar-refractivity contribution is 5.97. The van der Waals surface area contributed by atoms with Crippen LogP contribution in [0.15, 0.2) is 11.1 Å². The largest absolute Gasteiger partial charge is 0.303 e. The topological polar surface area (TPSA) is 34.1 Å².